The van der Waals surface area contributed by atoms with Crippen molar-refractivity contribution in [2.24, 2.45) is 0 Å². The van der Waals surface area contributed by atoms with E-state index in [-0.39, 0.29) is 32.7 Å². The molecule has 5 heavy (non-hydrogen) atoms. The van der Waals surface area contributed by atoms with Crippen LogP contribution in [0.2, 0.25) is 0 Å². The molecule has 0 aliphatic carbocycles. The normalized spacial score (nSPS) is 2.40. The van der Waals surface area contributed by atoms with Crippen molar-refractivity contribution in [2.45, 2.75) is 0 Å². The summed E-state index contributed by atoms with van der Waals surface area (Å²) in [5, 5.41) is 0. The molecule has 31 valence electrons. The van der Waals surface area contributed by atoms with Crippen molar-refractivity contribution in [1.82, 2.24) is 0 Å². The van der Waals surface area contributed by atoms with E-state index in [1.807, 2.05) is 0 Å². The summed E-state index contributed by atoms with van der Waals surface area (Å²) in [6.07, 6.45) is 0. The average Bonchev–Trinajstić information content (AvgIpc) is 1.50. The summed E-state index contributed by atoms with van der Waals surface area (Å²) < 4.78 is 0. The summed E-state index contributed by atoms with van der Waals surface area (Å²) in [5.74, 6) is 6.12. The predicted octanol–water partition coefficient (Wildman–Crippen LogP) is 2.34. The van der Waals surface area contributed by atoms with Crippen LogP contribution in [0.5, 0.6) is 0 Å². The number of hydrogen-bond acceptors (Lipinski definition) is 0. The first-order chi connectivity index (χ1) is 2.00. The van der Waals surface area contributed by atoms with Gasteiger partial charge in [0.25, 0.3) is 0 Å². The Morgan fingerprint density at radius 2 is 0.800 bits per heavy atom. The fourth-order valence-corrected chi connectivity index (χ4v) is 0. The van der Waals surface area contributed by atoms with E-state index in [0.29, 0.717) is 0 Å². The smallest absolute Gasteiger partial charge is 0 e. The quantitative estimate of drug-likeness (QED) is 0.596. The molecular weight excluding hydrogens is 273 g/mol. The van der Waals surface area contributed by atoms with Gasteiger partial charge in [0.15, 0.2) is 0 Å². The van der Waals surface area contributed by atoms with E-state index in [1.165, 1.54) is 0 Å². The standard InChI is InChI=1S/2CH2Br.Y/c2*1-2;/h2*1H2;/q2*-1;. The maximum atomic E-state index is 3.06. The maximum absolute atomic E-state index is 3.06. The summed E-state index contributed by atoms with van der Waals surface area (Å²) in [6.45, 7) is 0. The summed E-state index contributed by atoms with van der Waals surface area (Å²) in [4.78, 5) is 0. The molecule has 0 N–H and O–H groups in total. The minimum atomic E-state index is 0. The van der Waals surface area contributed by atoms with E-state index in [2.05, 4.69) is 43.5 Å². The maximum Gasteiger partial charge on any atom is 0 e. The Labute approximate surface area is 75.2 Å². The zero-order valence-corrected chi connectivity index (χ0v) is 8.76. The molecule has 0 unspecified atom stereocenters. The predicted molar refractivity (Wildman–Crippen MR) is 28.6 cm³/mol. The van der Waals surface area contributed by atoms with Crippen molar-refractivity contribution in [3.05, 3.63) is 11.7 Å². The van der Waals surface area contributed by atoms with Crippen LogP contribution in [0.1, 0.15) is 0 Å². The van der Waals surface area contributed by atoms with Gasteiger partial charge in [-0.15, -0.1) is 0 Å². The molecule has 0 rings (SSSR count). The largest absolute Gasteiger partial charge is 0.323 e. The molecule has 0 aliphatic rings. The summed E-state index contributed by atoms with van der Waals surface area (Å²) in [6, 6.07) is 0. The van der Waals surface area contributed by atoms with Gasteiger partial charge < -0.3 is 31.9 Å². The van der Waals surface area contributed by atoms with E-state index < -0.39 is 0 Å². The van der Waals surface area contributed by atoms with Crippen LogP contribution in [-0.2, 0) is 32.7 Å². The first kappa shape index (κ1) is 15.7. The fraction of sp³-hybridized carbons (Fsp3) is 0. The van der Waals surface area contributed by atoms with Gasteiger partial charge in [-0.3, -0.25) is 11.7 Å². The molecule has 0 aromatic rings. The van der Waals surface area contributed by atoms with Gasteiger partial charge in [-0.1, -0.05) is 0 Å². The molecule has 0 bridgehead atoms. The van der Waals surface area contributed by atoms with E-state index in [0.717, 1.165) is 0 Å². The molecule has 1 radical (unpaired) electrons. The van der Waals surface area contributed by atoms with Crippen molar-refractivity contribution in [2.75, 3.05) is 0 Å². The zero-order chi connectivity index (χ0) is 4.00. The van der Waals surface area contributed by atoms with E-state index in [9.17, 15) is 0 Å². The van der Waals surface area contributed by atoms with Crippen molar-refractivity contribution in [1.29, 1.82) is 0 Å². The molecule has 0 amide bonds. The second-order valence-electron chi connectivity index (χ2n) is 0. The van der Waals surface area contributed by atoms with Crippen molar-refractivity contribution < 1.29 is 32.7 Å². The molecule has 0 aliphatic heterocycles. The molecule has 0 saturated carbocycles. The second-order valence-corrected chi connectivity index (χ2v) is 0. The van der Waals surface area contributed by atoms with Gasteiger partial charge in [-0.05, 0) is 0 Å². The van der Waals surface area contributed by atoms with Gasteiger partial charge in [-0.2, -0.15) is 0 Å². The minimum Gasteiger partial charge on any atom is -0.323 e. The van der Waals surface area contributed by atoms with Crippen LogP contribution in [0.3, 0.4) is 0 Å². The molecule has 0 heterocycles. The van der Waals surface area contributed by atoms with Crippen LogP contribution in [0.4, 0.5) is 0 Å². The summed E-state index contributed by atoms with van der Waals surface area (Å²) >= 11 is 5.38. The van der Waals surface area contributed by atoms with Crippen LogP contribution < -0.4 is 0 Å². The molecule has 3 heteroatoms. The second kappa shape index (κ2) is 36.5. The zero-order valence-electron chi connectivity index (χ0n) is 2.75. The molecule has 0 saturated heterocycles. The van der Waals surface area contributed by atoms with Crippen LogP contribution in [0, 0.1) is 11.7 Å². The monoisotopic (exact) mass is 275 g/mol. The molecule has 0 nitrogen and oxygen atoms in total. The molecule has 0 aromatic carbocycles. The molecular formula is C2H4Br2Y-2. The molecule has 0 atom stereocenters. The summed E-state index contributed by atoms with van der Waals surface area (Å²) in [7, 11) is 0. The molecule has 0 fully saturated rings. The Morgan fingerprint density at radius 1 is 0.800 bits per heavy atom. The number of hydrogen-bond donors (Lipinski definition) is 0. The Balaban J connectivity index is -0.0000000133. The SMILES string of the molecule is [CH2-]Br.[CH2-]Br.[Y]. The fourth-order valence-electron chi connectivity index (χ4n) is 0. The third-order valence-electron chi connectivity index (χ3n) is 0. The van der Waals surface area contributed by atoms with E-state index >= 15 is 0 Å². The first-order valence-corrected chi connectivity index (χ1v) is 2.78. The van der Waals surface area contributed by atoms with Gasteiger partial charge >= 0.3 is 0 Å². The number of halogens is 2. The first-order valence-electron chi connectivity index (χ1n) is 0.535. The van der Waals surface area contributed by atoms with Crippen molar-refractivity contribution >= 4 is 31.9 Å². The third kappa shape index (κ3) is 23.5. The number of rotatable bonds is 0. The van der Waals surface area contributed by atoms with Gasteiger partial charge in [0.1, 0.15) is 0 Å². The van der Waals surface area contributed by atoms with E-state index in [1.54, 1.807) is 0 Å². The van der Waals surface area contributed by atoms with Crippen molar-refractivity contribution in [3.8, 4) is 0 Å². The van der Waals surface area contributed by atoms with Gasteiger partial charge in [0.05, 0.1) is 0 Å². The van der Waals surface area contributed by atoms with Crippen LogP contribution in [0.15, 0.2) is 0 Å². The average molecular weight is 277 g/mol. The van der Waals surface area contributed by atoms with Gasteiger partial charge in [0.2, 0.25) is 0 Å². The Hall–Kier alpha value is 2.06. The Bertz CT molecular complexity index is 7.61. The Kier molecular flexibility index (Phi) is 115. The van der Waals surface area contributed by atoms with E-state index in [4.69, 9.17) is 0 Å². The van der Waals surface area contributed by atoms with Gasteiger partial charge in [-0.25, -0.2) is 0 Å². The van der Waals surface area contributed by atoms with Crippen molar-refractivity contribution in [3.63, 3.8) is 0 Å². The minimum absolute atomic E-state index is 0. The van der Waals surface area contributed by atoms with Crippen LogP contribution in [0.25, 0.3) is 0 Å². The topological polar surface area (TPSA) is 0 Å². The third-order valence-corrected chi connectivity index (χ3v) is 0. The summed E-state index contributed by atoms with van der Waals surface area (Å²) in [5.41, 5.74) is 0. The van der Waals surface area contributed by atoms with Crippen LogP contribution in [-0.4, -0.2) is 0 Å². The Morgan fingerprint density at radius 3 is 0.800 bits per heavy atom. The van der Waals surface area contributed by atoms with Gasteiger partial charge in [0, 0.05) is 32.7 Å². The molecule has 0 spiro atoms. The molecule has 0 aromatic heterocycles. The van der Waals surface area contributed by atoms with Crippen LogP contribution >= 0.6 is 31.9 Å².